The Morgan fingerprint density at radius 2 is 2.33 bits per heavy atom. The fourth-order valence-corrected chi connectivity index (χ4v) is 2.81. The minimum absolute atomic E-state index is 0.608. The summed E-state index contributed by atoms with van der Waals surface area (Å²) in [7, 11) is 2.16. The largest absolute Gasteiger partial charge is 0.384 e. The van der Waals surface area contributed by atoms with Gasteiger partial charge in [0.05, 0.1) is 5.69 Å². The Labute approximate surface area is 110 Å². The molecule has 1 unspecified atom stereocenters. The quantitative estimate of drug-likeness (QED) is 0.859. The second kappa shape index (κ2) is 6.16. The number of rotatable bonds is 5. The molecule has 0 spiro atoms. The second-order valence-electron chi connectivity index (χ2n) is 5.18. The van der Waals surface area contributed by atoms with Gasteiger partial charge in [-0.25, -0.2) is 4.98 Å². The van der Waals surface area contributed by atoms with Crippen molar-refractivity contribution < 1.29 is 0 Å². The third-order valence-electron chi connectivity index (χ3n) is 3.69. The van der Waals surface area contributed by atoms with Gasteiger partial charge in [-0.3, -0.25) is 9.80 Å². The van der Waals surface area contributed by atoms with Crippen LogP contribution in [0.4, 0.5) is 5.82 Å². The van der Waals surface area contributed by atoms with Crippen LogP contribution in [0.3, 0.4) is 0 Å². The van der Waals surface area contributed by atoms with Crippen molar-refractivity contribution >= 4 is 5.82 Å². The van der Waals surface area contributed by atoms with Crippen LogP contribution in [0.25, 0.3) is 0 Å². The number of aromatic nitrogens is 1. The maximum atomic E-state index is 5.70. The van der Waals surface area contributed by atoms with Crippen LogP contribution in [0.5, 0.6) is 0 Å². The van der Waals surface area contributed by atoms with Gasteiger partial charge in [0.25, 0.3) is 0 Å². The van der Waals surface area contributed by atoms with E-state index in [1.807, 2.05) is 18.2 Å². The van der Waals surface area contributed by atoms with Crippen molar-refractivity contribution in [3.05, 3.63) is 23.9 Å². The van der Waals surface area contributed by atoms with Crippen LogP contribution >= 0.6 is 0 Å². The number of nitrogen functional groups attached to an aromatic ring is 1. The summed E-state index contributed by atoms with van der Waals surface area (Å²) < 4.78 is 0. The van der Waals surface area contributed by atoms with Gasteiger partial charge in [0, 0.05) is 19.1 Å². The lowest BCUT2D eigenvalue weighted by Crippen LogP contribution is -2.38. The third kappa shape index (κ3) is 3.43. The Kier molecular flexibility index (Phi) is 4.55. The summed E-state index contributed by atoms with van der Waals surface area (Å²) in [5.74, 6) is 0.608. The predicted octanol–water partition coefficient (Wildman–Crippen LogP) is 1.58. The summed E-state index contributed by atoms with van der Waals surface area (Å²) in [6.45, 7) is 6.65. The van der Waals surface area contributed by atoms with Crippen molar-refractivity contribution in [2.24, 2.45) is 0 Å². The Morgan fingerprint density at radius 3 is 3.06 bits per heavy atom. The maximum absolute atomic E-state index is 5.70. The van der Waals surface area contributed by atoms with E-state index in [0.717, 1.165) is 25.3 Å². The highest BCUT2D eigenvalue weighted by Crippen LogP contribution is 2.17. The van der Waals surface area contributed by atoms with E-state index in [4.69, 9.17) is 5.73 Å². The summed E-state index contributed by atoms with van der Waals surface area (Å²) in [5.41, 5.74) is 6.76. The third-order valence-corrected chi connectivity index (χ3v) is 3.69. The number of nitrogens with zero attached hydrogens (tertiary/aromatic N) is 3. The Hall–Kier alpha value is -1.13. The summed E-state index contributed by atoms with van der Waals surface area (Å²) >= 11 is 0. The monoisotopic (exact) mass is 248 g/mol. The molecule has 4 nitrogen and oxygen atoms in total. The Bertz CT molecular complexity index is 380. The first-order chi connectivity index (χ1) is 8.69. The zero-order valence-electron chi connectivity index (χ0n) is 11.5. The predicted molar refractivity (Wildman–Crippen MR) is 75.3 cm³/mol. The van der Waals surface area contributed by atoms with Crippen molar-refractivity contribution in [1.29, 1.82) is 0 Å². The zero-order valence-corrected chi connectivity index (χ0v) is 11.5. The molecule has 2 rings (SSSR count). The lowest BCUT2D eigenvalue weighted by molar-refractivity contribution is 0.194. The molecule has 100 valence electrons. The molecule has 1 aliphatic rings. The SMILES string of the molecule is CCN1CCCC1CN(C)Cc1cccc(N)n1. The smallest absolute Gasteiger partial charge is 0.123 e. The van der Waals surface area contributed by atoms with Gasteiger partial charge in [-0.05, 0) is 45.1 Å². The molecule has 18 heavy (non-hydrogen) atoms. The van der Waals surface area contributed by atoms with Crippen molar-refractivity contribution in [2.45, 2.75) is 32.4 Å². The molecule has 0 aromatic carbocycles. The molecule has 0 radical (unpaired) electrons. The van der Waals surface area contributed by atoms with E-state index in [-0.39, 0.29) is 0 Å². The first-order valence-corrected chi connectivity index (χ1v) is 6.83. The molecule has 1 aliphatic heterocycles. The average molecular weight is 248 g/mol. The van der Waals surface area contributed by atoms with E-state index >= 15 is 0 Å². The molecule has 0 amide bonds. The molecule has 1 aromatic heterocycles. The number of hydrogen-bond donors (Lipinski definition) is 1. The molecule has 1 aromatic rings. The average Bonchev–Trinajstić information content (AvgIpc) is 2.76. The Balaban J connectivity index is 1.86. The molecule has 2 heterocycles. The van der Waals surface area contributed by atoms with E-state index in [9.17, 15) is 0 Å². The molecule has 0 aliphatic carbocycles. The number of likely N-dealkylation sites (N-methyl/N-ethyl adjacent to an activating group) is 2. The summed E-state index contributed by atoms with van der Waals surface area (Å²) in [5, 5.41) is 0. The molecule has 0 saturated carbocycles. The molecular weight excluding hydrogens is 224 g/mol. The number of anilines is 1. The van der Waals surface area contributed by atoms with Crippen LogP contribution in [-0.2, 0) is 6.54 Å². The second-order valence-corrected chi connectivity index (χ2v) is 5.18. The van der Waals surface area contributed by atoms with Gasteiger partial charge in [-0.2, -0.15) is 0 Å². The molecular formula is C14H24N4. The van der Waals surface area contributed by atoms with E-state index in [2.05, 4.69) is 28.8 Å². The summed E-state index contributed by atoms with van der Waals surface area (Å²) in [6, 6.07) is 6.55. The molecule has 1 atom stereocenters. The van der Waals surface area contributed by atoms with Crippen LogP contribution in [-0.4, -0.2) is 47.5 Å². The van der Waals surface area contributed by atoms with Crippen molar-refractivity contribution in [1.82, 2.24) is 14.8 Å². The minimum Gasteiger partial charge on any atom is -0.384 e. The number of nitrogens with two attached hydrogens (primary N) is 1. The molecule has 1 fully saturated rings. The fourth-order valence-electron chi connectivity index (χ4n) is 2.81. The molecule has 0 bridgehead atoms. The number of likely N-dealkylation sites (tertiary alicyclic amines) is 1. The van der Waals surface area contributed by atoms with Gasteiger partial charge in [0.2, 0.25) is 0 Å². The van der Waals surface area contributed by atoms with Crippen LogP contribution in [0.15, 0.2) is 18.2 Å². The van der Waals surface area contributed by atoms with Gasteiger partial charge < -0.3 is 5.73 Å². The highest BCUT2D eigenvalue weighted by Gasteiger charge is 2.23. The first kappa shape index (κ1) is 13.3. The Morgan fingerprint density at radius 1 is 1.50 bits per heavy atom. The first-order valence-electron chi connectivity index (χ1n) is 6.83. The summed E-state index contributed by atoms with van der Waals surface area (Å²) in [4.78, 5) is 9.27. The van der Waals surface area contributed by atoms with Gasteiger partial charge >= 0.3 is 0 Å². The highest BCUT2D eigenvalue weighted by atomic mass is 15.2. The van der Waals surface area contributed by atoms with Crippen LogP contribution in [0.2, 0.25) is 0 Å². The molecule has 2 N–H and O–H groups in total. The van der Waals surface area contributed by atoms with Crippen LogP contribution in [0.1, 0.15) is 25.5 Å². The maximum Gasteiger partial charge on any atom is 0.123 e. The van der Waals surface area contributed by atoms with E-state index in [1.54, 1.807) is 0 Å². The number of pyridine rings is 1. The van der Waals surface area contributed by atoms with Gasteiger partial charge in [-0.15, -0.1) is 0 Å². The number of hydrogen-bond acceptors (Lipinski definition) is 4. The van der Waals surface area contributed by atoms with E-state index in [1.165, 1.54) is 19.4 Å². The normalized spacial score (nSPS) is 20.7. The van der Waals surface area contributed by atoms with Crippen molar-refractivity contribution in [3.63, 3.8) is 0 Å². The van der Waals surface area contributed by atoms with Crippen LogP contribution in [0, 0.1) is 0 Å². The lowest BCUT2D eigenvalue weighted by Gasteiger charge is -2.27. The fraction of sp³-hybridized carbons (Fsp3) is 0.643. The van der Waals surface area contributed by atoms with E-state index < -0.39 is 0 Å². The van der Waals surface area contributed by atoms with Crippen molar-refractivity contribution in [2.75, 3.05) is 32.4 Å². The van der Waals surface area contributed by atoms with Gasteiger partial charge in [-0.1, -0.05) is 13.0 Å². The summed E-state index contributed by atoms with van der Waals surface area (Å²) in [6.07, 6.45) is 2.66. The molecule has 4 heteroatoms. The standard InChI is InChI=1S/C14H24N4/c1-3-18-9-5-7-13(18)11-17(2)10-12-6-4-8-14(15)16-12/h4,6,8,13H,3,5,7,9-11H2,1-2H3,(H2,15,16). The topological polar surface area (TPSA) is 45.4 Å². The minimum atomic E-state index is 0.608. The van der Waals surface area contributed by atoms with Gasteiger partial charge in [0.1, 0.15) is 5.82 Å². The zero-order chi connectivity index (χ0) is 13.0. The van der Waals surface area contributed by atoms with Gasteiger partial charge in [0.15, 0.2) is 0 Å². The van der Waals surface area contributed by atoms with Crippen molar-refractivity contribution in [3.8, 4) is 0 Å². The van der Waals surface area contributed by atoms with E-state index in [0.29, 0.717) is 11.9 Å². The molecule has 1 saturated heterocycles. The van der Waals surface area contributed by atoms with Crippen LogP contribution < -0.4 is 5.73 Å². The highest BCUT2D eigenvalue weighted by molar-refractivity contribution is 5.28. The lowest BCUT2D eigenvalue weighted by atomic mass is 10.2.